The Labute approximate surface area is 127 Å². The van der Waals surface area contributed by atoms with Crippen molar-refractivity contribution in [1.29, 1.82) is 0 Å². The zero-order valence-corrected chi connectivity index (χ0v) is 12.2. The molecule has 0 spiro atoms. The Morgan fingerprint density at radius 2 is 2.24 bits per heavy atom. The van der Waals surface area contributed by atoms with Crippen LogP contribution in [-0.4, -0.2) is 33.0 Å². The molecule has 3 N–H and O–H groups in total. The number of nitrogens with one attached hydrogen (secondary N) is 2. The van der Waals surface area contributed by atoms with Crippen molar-refractivity contribution in [2.75, 3.05) is 0 Å². The lowest BCUT2D eigenvalue weighted by Crippen LogP contribution is -2.42. The van der Waals surface area contributed by atoms with E-state index in [2.05, 4.69) is 31.2 Å². The van der Waals surface area contributed by atoms with Crippen molar-refractivity contribution in [3.8, 4) is 0 Å². The number of imidazole rings is 1. The fourth-order valence-corrected chi connectivity index (χ4v) is 2.10. The van der Waals surface area contributed by atoms with Gasteiger partial charge in [0, 0.05) is 18.3 Å². The highest BCUT2D eigenvalue weighted by Gasteiger charge is 2.23. The Morgan fingerprint density at radius 1 is 1.48 bits per heavy atom. The number of carboxylic acids is 1. The molecule has 1 amide bonds. The number of carboxylic acid groups (broad SMARTS) is 1. The number of aromatic nitrogens is 2. The van der Waals surface area contributed by atoms with E-state index in [1.54, 1.807) is 0 Å². The van der Waals surface area contributed by atoms with E-state index in [4.69, 9.17) is 5.11 Å². The van der Waals surface area contributed by atoms with Crippen molar-refractivity contribution in [2.24, 2.45) is 0 Å². The number of hydrogen-bond donors (Lipinski definition) is 3. The van der Waals surface area contributed by atoms with Gasteiger partial charge in [-0.15, -0.1) is 0 Å². The van der Waals surface area contributed by atoms with E-state index in [0.717, 1.165) is 0 Å². The van der Waals surface area contributed by atoms with Gasteiger partial charge in [-0.2, -0.15) is 0 Å². The maximum Gasteiger partial charge on any atom is 0.326 e. The van der Waals surface area contributed by atoms with E-state index in [1.807, 2.05) is 0 Å². The second-order valence-electron chi connectivity index (χ2n) is 4.25. The average molecular weight is 356 g/mol. The first-order valence-corrected chi connectivity index (χ1v) is 6.73. The van der Waals surface area contributed by atoms with Gasteiger partial charge in [0.1, 0.15) is 11.9 Å². The van der Waals surface area contributed by atoms with Crippen LogP contribution >= 0.6 is 15.9 Å². The monoisotopic (exact) mass is 355 g/mol. The van der Waals surface area contributed by atoms with Crippen molar-refractivity contribution in [3.63, 3.8) is 0 Å². The van der Waals surface area contributed by atoms with Crippen molar-refractivity contribution >= 4 is 27.8 Å². The summed E-state index contributed by atoms with van der Waals surface area (Å²) in [6.07, 6.45) is 2.89. The van der Waals surface area contributed by atoms with E-state index in [1.165, 1.54) is 30.7 Å². The molecule has 21 heavy (non-hydrogen) atoms. The molecule has 0 bridgehead atoms. The third-order valence-electron chi connectivity index (χ3n) is 2.78. The Morgan fingerprint density at radius 3 is 2.86 bits per heavy atom. The first kappa shape index (κ1) is 15.2. The van der Waals surface area contributed by atoms with Crippen molar-refractivity contribution in [1.82, 2.24) is 15.3 Å². The smallest absolute Gasteiger partial charge is 0.326 e. The molecule has 0 aliphatic heterocycles. The second-order valence-corrected chi connectivity index (χ2v) is 5.10. The number of H-pyrrole nitrogens is 1. The molecule has 1 atom stereocenters. The highest BCUT2D eigenvalue weighted by Crippen LogP contribution is 2.18. The normalized spacial score (nSPS) is 11.9. The van der Waals surface area contributed by atoms with Crippen LogP contribution < -0.4 is 5.32 Å². The van der Waals surface area contributed by atoms with Gasteiger partial charge < -0.3 is 15.4 Å². The molecular weight excluding hydrogens is 345 g/mol. The lowest BCUT2D eigenvalue weighted by atomic mass is 10.1. The maximum atomic E-state index is 13.8. The molecule has 2 rings (SSSR count). The molecule has 8 heteroatoms. The number of halogens is 2. The minimum absolute atomic E-state index is 0.0245. The number of nitrogens with zero attached hydrogens (tertiary/aromatic N) is 1. The van der Waals surface area contributed by atoms with Crippen molar-refractivity contribution in [3.05, 3.63) is 52.3 Å². The summed E-state index contributed by atoms with van der Waals surface area (Å²) in [6.45, 7) is 0. The van der Waals surface area contributed by atoms with Crippen LogP contribution in [0, 0.1) is 5.82 Å². The highest BCUT2D eigenvalue weighted by molar-refractivity contribution is 9.10. The van der Waals surface area contributed by atoms with E-state index >= 15 is 0 Å². The van der Waals surface area contributed by atoms with Gasteiger partial charge in [0.2, 0.25) is 0 Å². The molecule has 0 fully saturated rings. The lowest BCUT2D eigenvalue weighted by molar-refractivity contribution is -0.139. The number of aliphatic carboxylic acids is 1. The van der Waals surface area contributed by atoms with Gasteiger partial charge in [0.05, 0.1) is 16.4 Å². The minimum atomic E-state index is -1.21. The predicted octanol–water partition coefficient (Wildman–Crippen LogP) is 1.74. The number of benzene rings is 1. The molecule has 1 aromatic heterocycles. The Bertz CT molecular complexity index is 661. The molecule has 1 unspecified atom stereocenters. The van der Waals surface area contributed by atoms with Crippen LogP contribution in [0.15, 0.2) is 35.2 Å². The van der Waals surface area contributed by atoms with Gasteiger partial charge >= 0.3 is 5.97 Å². The summed E-state index contributed by atoms with van der Waals surface area (Å²) in [5, 5.41) is 11.4. The standard InChI is InChI=1S/C13H11BrFN3O3/c14-9-3-1-2-8(11(9)15)12(19)18-10(13(20)21)4-7-5-16-6-17-7/h1-3,5-6,10H,4H2,(H,16,17)(H,18,19)(H,20,21). The summed E-state index contributed by atoms with van der Waals surface area (Å²) in [5.41, 5.74) is 0.331. The molecule has 0 saturated carbocycles. The summed E-state index contributed by atoms with van der Waals surface area (Å²) in [6, 6.07) is 3.04. The van der Waals surface area contributed by atoms with E-state index < -0.39 is 23.7 Å². The summed E-state index contributed by atoms with van der Waals surface area (Å²) < 4.78 is 13.9. The van der Waals surface area contributed by atoms with Gasteiger partial charge in [-0.25, -0.2) is 14.2 Å². The van der Waals surface area contributed by atoms with Gasteiger partial charge in [-0.1, -0.05) is 6.07 Å². The molecule has 0 aliphatic rings. The Kier molecular flexibility index (Phi) is 4.69. The summed E-state index contributed by atoms with van der Waals surface area (Å²) >= 11 is 2.97. The lowest BCUT2D eigenvalue weighted by Gasteiger charge is -2.14. The molecule has 1 heterocycles. The first-order chi connectivity index (χ1) is 9.99. The number of carbonyl (C=O) groups excluding carboxylic acids is 1. The Hall–Kier alpha value is -2.22. The summed E-state index contributed by atoms with van der Waals surface area (Å²) in [5.74, 6) is -2.74. The predicted molar refractivity (Wildman–Crippen MR) is 75.3 cm³/mol. The van der Waals surface area contributed by atoms with Crippen LogP contribution in [0.3, 0.4) is 0 Å². The third kappa shape index (κ3) is 3.66. The minimum Gasteiger partial charge on any atom is -0.480 e. The summed E-state index contributed by atoms with van der Waals surface area (Å²) in [4.78, 5) is 29.7. The molecule has 0 saturated heterocycles. The number of aromatic amines is 1. The summed E-state index contributed by atoms with van der Waals surface area (Å²) in [7, 11) is 0. The molecule has 0 radical (unpaired) electrons. The molecule has 0 aliphatic carbocycles. The number of carbonyl (C=O) groups is 2. The van der Waals surface area contributed by atoms with E-state index in [9.17, 15) is 14.0 Å². The first-order valence-electron chi connectivity index (χ1n) is 5.94. The third-order valence-corrected chi connectivity index (χ3v) is 3.39. The topological polar surface area (TPSA) is 95.1 Å². The van der Waals surface area contributed by atoms with Crippen LogP contribution in [0.25, 0.3) is 0 Å². The largest absolute Gasteiger partial charge is 0.480 e. The van der Waals surface area contributed by atoms with Crippen LogP contribution in [0.2, 0.25) is 0 Å². The zero-order chi connectivity index (χ0) is 15.4. The Balaban J connectivity index is 2.15. The van der Waals surface area contributed by atoms with Crippen molar-refractivity contribution < 1.29 is 19.1 Å². The van der Waals surface area contributed by atoms with Crippen molar-refractivity contribution in [2.45, 2.75) is 12.5 Å². The number of hydrogen-bond acceptors (Lipinski definition) is 3. The SMILES string of the molecule is O=C(NC(Cc1cnc[nH]1)C(=O)O)c1cccc(Br)c1F. The maximum absolute atomic E-state index is 13.8. The quantitative estimate of drug-likeness (QED) is 0.761. The molecular formula is C13H11BrFN3O3. The highest BCUT2D eigenvalue weighted by atomic mass is 79.9. The second kappa shape index (κ2) is 6.49. The van der Waals surface area contributed by atoms with E-state index in [0.29, 0.717) is 5.69 Å². The number of rotatable bonds is 5. The van der Waals surface area contributed by atoms with Gasteiger partial charge in [0.15, 0.2) is 0 Å². The number of amides is 1. The van der Waals surface area contributed by atoms with Crippen LogP contribution in [-0.2, 0) is 11.2 Å². The van der Waals surface area contributed by atoms with E-state index in [-0.39, 0.29) is 16.5 Å². The zero-order valence-electron chi connectivity index (χ0n) is 10.6. The molecule has 2 aromatic rings. The van der Waals surface area contributed by atoms with Crippen LogP contribution in [0.1, 0.15) is 16.1 Å². The molecule has 6 nitrogen and oxygen atoms in total. The fraction of sp³-hybridized carbons (Fsp3) is 0.154. The van der Waals surface area contributed by atoms with Crippen LogP contribution in [0.4, 0.5) is 4.39 Å². The fourth-order valence-electron chi connectivity index (χ4n) is 1.73. The molecule has 1 aromatic carbocycles. The van der Waals surface area contributed by atoms with Gasteiger partial charge in [0.25, 0.3) is 5.91 Å². The van der Waals surface area contributed by atoms with Gasteiger partial charge in [-0.05, 0) is 28.1 Å². The van der Waals surface area contributed by atoms with Crippen LogP contribution in [0.5, 0.6) is 0 Å². The van der Waals surface area contributed by atoms with Gasteiger partial charge in [-0.3, -0.25) is 4.79 Å². The average Bonchev–Trinajstić information content (AvgIpc) is 2.93. The molecule has 110 valence electrons.